The van der Waals surface area contributed by atoms with Gasteiger partial charge in [0.15, 0.2) is 9.84 Å². The number of fused-ring (bicyclic) bond motifs is 1. The average molecular weight is 330 g/mol. The summed E-state index contributed by atoms with van der Waals surface area (Å²) >= 11 is 8.07. The Hall–Kier alpha value is -0.620. The molecule has 1 fully saturated rings. The molecule has 0 unspecified atom stereocenters. The number of rotatable bonds is 4. The van der Waals surface area contributed by atoms with Gasteiger partial charge in [0.2, 0.25) is 0 Å². The maximum Gasteiger partial charge on any atom is 0.150 e. The Morgan fingerprint density at radius 3 is 2.85 bits per heavy atom. The highest BCUT2D eigenvalue weighted by Gasteiger charge is 2.27. The van der Waals surface area contributed by atoms with Crippen LogP contribution in [0.2, 0.25) is 5.02 Å². The van der Waals surface area contributed by atoms with Crippen LogP contribution in [0.4, 0.5) is 0 Å². The molecular formula is C14H16ClNO2S2. The Morgan fingerprint density at radius 2 is 2.15 bits per heavy atom. The number of hydrogen-bond donors (Lipinski definition) is 1. The van der Waals surface area contributed by atoms with Crippen LogP contribution in [-0.2, 0) is 16.4 Å². The molecule has 0 radical (unpaired) electrons. The monoisotopic (exact) mass is 329 g/mol. The van der Waals surface area contributed by atoms with Crippen LogP contribution in [0.3, 0.4) is 0 Å². The Kier molecular flexibility index (Phi) is 4.04. The molecule has 1 saturated heterocycles. The molecule has 3 nitrogen and oxygen atoms in total. The Morgan fingerprint density at radius 1 is 1.35 bits per heavy atom. The van der Waals surface area contributed by atoms with Gasteiger partial charge in [-0.3, -0.25) is 0 Å². The van der Waals surface area contributed by atoms with Crippen molar-refractivity contribution in [1.29, 1.82) is 0 Å². The highest BCUT2D eigenvalue weighted by Crippen LogP contribution is 2.35. The van der Waals surface area contributed by atoms with Crippen LogP contribution in [0, 0.1) is 5.92 Å². The van der Waals surface area contributed by atoms with Crippen LogP contribution in [0.5, 0.6) is 0 Å². The van der Waals surface area contributed by atoms with E-state index in [1.165, 1.54) is 4.70 Å². The minimum absolute atomic E-state index is 0.244. The van der Waals surface area contributed by atoms with Gasteiger partial charge < -0.3 is 5.32 Å². The van der Waals surface area contributed by atoms with Gasteiger partial charge in [-0.05, 0) is 24.9 Å². The third kappa shape index (κ3) is 3.01. The molecule has 1 aromatic heterocycles. The fraction of sp³-hybridized carbons (Fsp3) is 0.429. The minimum atomic E-state index is -2.78. The van der Waals surface area contributed by atoms with Gasteiger partial charge in [-0.25, -0.2) is 8.42 Å². The van der Waals surface area contributed by atoms with Crippen LogP contribution in [0.1, 0.15) is 11.3 Å². The van der Waals surface area contributed by atoms with E-state index >= 15 is 0 Å². The summed E-state index contributed by atoms with van der Waals surface area (Å²) in [5.41, 5.74) is 0. The SMILES string of the molecule is O=S1(=O)CC[C@@H](CNCc2sc3ccccc3c2Cl)C1. The number of hydrogen-bond acceptors (Lipinski definition) is 4. The number of sulfone groups is 1. The number of halogens is 1. The van der Waals surface area contributed by atoms with E-state index in [9.17, 15) is 8.42 Å². The van der Waals surface area contributed by atoms with E-state index in [2.05, 4.69) is 11.4 Å². The summed E-state index contributed by atoms with van der Waals surface area (Å²) in [6, 6.07) is 8.09. The van der Waals surface area contributed by atoms with Crippen LogP contribution < -0.4 is 5.32 Å². The summed E-state index contributed by atoms with van der Waals surface area (Å²) in [6.45, 7) is 1.44. The van der Waals surface area contributed by atoms with E-state index in [0.717, 1.165) is 28.3 Å². The predicted molar refractivity (Wildman–Crippen MR) is 85.3 cm³/mol. The molecule has 0 bridgehead atoms. The van der Waals surface area contributed by atoms with Gasteiger partial charge in [0.25, 0.3) is 0 Å². The highest BCUT2D eigenvalue weighted by molar-refractivity contribution is 7.91. The first-order valence-electron chi connectivity index (χ1n) is 6.62. The van der Waals surface area contributed by atoms with Gasteiger partial charge in [-0.15, -0.1) is 11.3 Å². The van der Waals surface area contributed by atoms with Crippen molar-refractivity contribution in [2.45, 2.75) is 13.0 Å². The van der Waals surface area contributed by atoms with E-state index in [1.807, 2.05) is 18.2 Å². The molecule has 2 aromatic rings. The quantitative estimate of drug-likeness (QED) is 0.937. The number of benzene rings is 1. The summed E-state index contributed by atoms with van der Waals surface area (Å²) in [5, 5.41) is 5.26. The molecule has 0 amide bonds. The first kappa shape index (κ1) is 14.3. The van der Waals surface area contributed by atoms with Crippen LogP contribution in [0.15, 0.2) is 24.3 Å². The molecule has 1 aromatic carbocycles. The summed E-state index contributed by atoms with van der Waals surface area (Å²) in [6.07, 6.45) is 0.773. The van der Waals surface area contributed by atoms with Crippen molar-refractivity contribution >= 4 is 42.9 Å². The van der Waals surface area contributed by atoms with Gasteiger partial charge in [0.05, 0.1) is 16.5 Å². The minimum Gasteiger partial charge on any atom is -0.311 e. The summed E-state index contributed by atoms with van der Waals surface area (Å²) in [7, 11) is -2.78. The van der Waals surface area contributed by atoms with E-state index < -0.39 is 9.84 Å². The van der Waals surface area contributed by atoms with Crippen molar-refractivity contribution < 1.29 is 8.42 Å². The Bertz CT molecular complexity index is 724. The average Bonchev–Trinajstić information content (AvgIpc) is 2.91. The Labute approximate surface area is 127 Å². The molecule has 3 rings (SSSR count). The zero-order valence-corrected chi connectivity index (χ0v) is 13.3. The number of thiophene rings is 1. The van der Waals surface area contributed by atoms with Gasteiger partial charge in [0, 0.05) is 21.5 Å². The second-order valence-corrected chi connectivity index (χ2v) is 8.98. The molecule has 0 spiro atoms. The van der Waals surface area contributed by atoms with Crippen molar-refractivity contribution in [3.05, 3.63) is 34.2 Å². The topological polar surface area (TPSA) is 46.2 Å². The van der Waals surface area contributed by atoms with Crippen LogP contribution in [0.25, 0.3) is 10.1 Å². The third-order valence-electron chi connectivity index (χ3n) is 3.65. The van der Waals surface area contributed by atoms with E-state index in [4.69, 9.17) is 11.6 Å². The molecule has 108 valence electrons. The van der Waals surface area contributed by atoms with Crippen LogP contribution in [-0.4, -0.2) is 26.5 Å². The largest absolute Gasteiger partial charge is 0.311 e. The van der Waals surface area contributed by atoms with Crippen molar-refractivity contribution in [2.75, 3.05) is 18.1 Å². The van der Waals surface area contributed by atoms with Gasteiger partial charge in [-0.2, -0.15) is 0 Å². The second-order valence-electron chi connectivity index (χ2n) is 5.24. The zero-order valence-electron chi connectivity index (χ0n) is 10.9. The van der Waals surface area contributed by atoms with Crippen LogP contribution >= 0.6 is 22.9 Å². The Balaban J connectivity index is 1.62. The van der Waals surface area contributed by atoms with Crippen molar-refractivity contribution in [1.82, 2.24) is 5.32 Å². The molecule has 20 heavy (non-hydrogen) atoms. The molecule has 1 atom stereocenters. The maximum absolute atomic E-state index is 11.4. The fourth-order valence-corrected chi connectivity index (χ4v) is 5.93. The lowest BCUT2D eigenvalue weighted by molar-refractivity contribution is 0.523. The zero-order chi connectivity index (χ0) is 14.2. The van der Waals surface area contributed by atoms with Crippen molar-refractivity contribution in [2.24, 2.45) is 5.92 Å². The van der Waals surface area contributed by atoms with Gasteiger partial charge in [0.1, 0.15) is 0 Å². The molecule has 0 saturated carbocycles. The molecule has 1 aliphatic heterocycles. The first-order chi connectivity index (χ1) is 9.55. The molecule has 1 aliphatic rings. The lowest BCUT2D eigenvalue weighted by atomic mass is 10.1. The smallest absolute Gasteiger partial charge is 0.150 e. The lowest BCUT2D eigenvalue weighted by Gasteiger charge is -2.08. The summed E-state index contributed by atoms with van der Waals surface area (Å²) in [4.78, 5) is 1.12. The normalized spacial score (nSPS) is 21.6. The standard InChI is InChI=1S/C14H16ClNO2S2/c15-14-11-3-1-2-4-12(11)19-13(14)8-16-7-10-5-6-20(17,18)9-10/h1-4,10,16H,5-9H2/t10-/m0/s1. The summed E-state index contributed by atoms with van der Waals surface area (Å²) in [5.74, 6) is 0.900. The molecule has 6 heteroatoms. The van der Waals surface area contributed by atoms with E-state index in [1.54, 1.807) is 11.3 Å². The lowest BCUT2D eigenvalue weighted by Crippen LogP contribution is -2.23. The molecule has 1 N–H and O–H groups in total. The van der Waals surface area contributed by atoms with Crippen molar-refractivity contribution in [3.8, 4) is 0 Å². The molecule has 2 heterocycles. The summed E-state index contributed by atoms with van der Waals surface area (Å²) < 4.78 is 24.0. The highest BCUT2D eigenvalue weighted by atomic mass is 35.5. The molecule has 0 aliphatic carbocycles. The first-order valence-corrected chi connectivity index (χ1v) is 9.64. The maximum atomic E-state index is 11.4. The predicted octanol–water partition coefficient (Wildman–Crippen LogP) is 3.08. The fourth-order valence-electron chi connectivity index (χ4n) is 2.60. The number of nitrogens with one attached hydrogen (secondary N) is 1. The van der Waals surface area contributed by atoms with E-state index in [-0.39, 0.29) is 5.92 Å². The van der Waals surface area contributed by atoms with E-state index in [0.29, 0.717) is 18.1 Å². The third-order valence-corrected chi connectivity index (χ3v) is 7.20. The van der Waals surface area contributed by atoms with Crippen molar-refractivity contribution in [3.63, 3.8) is 0 Å². The van der Waals surface area contributed by atoms with Gasteiger partial charge in [-0.1, -0.05) is 29.8 Å². The molecular weight excluding hydrogens is 314 g/mol. The van der Waals surface area contributed by atoms with Gasteiger partial charge >= 0.3 is 0 Å². The second kappa shape index (κ2) is 5.64.